The van der Waals surface area contributed by atoms with E-state index >= 15 is 0 Å². The van der Waals surface area contributed by atoms with Crippen molar-refractivity contribution in [1.82, 2.24) is 9.97 Å². The Hall–Kier alpha value is 0.0234. The van der Waals surface area contributed by atoms with Crippen LogP contribution in [0.5, 0.6) is 0 Å². The van der Waals surface area contributed by atoms with E-state index in [1.54, 1.807) is 0 Å². The molecule has 2 aromatic rings. The third-order valence-electron chi connectivity index (χ3n) is 1.71. The van der Waals surface area contributed by atoms with Crippen molar-refractivity contribution in [2.75, 3.05) is 13.1 Å². The molecule has 8 heteroatoms. The molecule has 1 heterocycles. The Morgan fingerprint density at radius 1 is 1.06 bits per heavy atom. The number of hydrogen-bond acceptors (Lipinski definition) is 4. The summed E-state index contributed by atoms with van der Waals surface area (Å²) >= 11 is 13.2. The summed E-state index contributed by atoms with van der Waals surface area (Å²) in [6.07, 6.45) is 0. The van der Waals surface area contributed by atoms with Crippen LogP contribution >= 0.6 is 15.9 Å². The molecule has 18 heavy (non-hydrogen) atoms. The summed E-state index contributed by atoms with van der Waals surface area (Å²) in [6.45, 7) is 0.472. The fourth-order valence-electron chi connectivity index (χ4n) is 1.01. The Bertz CT molecular complexity index is 510. The SMILES string of the molecule is [NH-]CC[NH-].[S-]c1nc2cccc(Br)c2nc1[S-].[Zn]. The van der Waals surface area contributed by atoms with E-state index in [2.05, 4.69) is 25.9 Å². The number of hydrogen-bond donors (Lipinski definition) is 0. The number of halogens is 1. The summed E-state index contributed by atoms with van der Waals surface area (Å²) in [5, 5.41) is 0.773. The van der Waals surface area contributed by atoms with Crippen LogP contribution in [0.1, 0.15) is 0 Å². The molecule has 0 unspecified atom stereocenters. The van der Waals surface area contributed by atoms with Crippen LogP contribution in [0, 0.1) is 0 Å². The number of benzene rings is 1. The van der Waals surface area contributed by atoms with Gasteiger partial charge in [0, 0.05) is 24.0 Å². The average Bonchev–Trinajstić information content (AvgIpc) is 2.32. The number of fused-ring (bicyclic) bond motifs is 1. The van der Waals surface area contributed by atoms with Crippen LogP contribution in [0.2, 0.25) is 0 Å². The van der Waals surface area contributed by atoms with E-state index < -0.39 is 0 Å². The van der Waals surface area contributed by atoms with Gasteiger partial charge in [-0.25, -0.2) is 0 Å². The summed E-state index contributed by atoms with van der Waals surface area (Å²) in [5.41, 5.74) is 14.1. The van der Waals surface area contributed by atoms with Crippen molar-refractivity contribution in [2.45, 2.75) is 10.1 Å². The van der Waals surface area contributed by atoms with Gasteiger partial charge in [-0.05, 0) is 28.1 Å². The Labute approximate surface area is 138 Å². The van der Waals surface area contributed by atoms with Gasteiger partial charge in [0.2, 0.25) is 0 Å². The minimum atomic E-state index is 0. The van der Waals surface area contributed by atoms with Crippen LogP contribution in [0.3, 0.4) is 0 Å². The first-order valence-corrected chi connectivity index (χ1v) is 6.30. The molecule has 0 atom stereocenters. The van der Waals surface area contributed by atoms with Crippen molar-refractivity contribution >= 4 is 52.2 Å². The fourth-order valence-corrected chi connectivity index (χ4v) is 1.74. The van der Waals surface area contributed by atoms with Crippen LogP contribution in [0.15, 0.2) is 32.7 Å². The second kappa shape index (κ2) is 9.01. The molecule has 1 aromatic carbocycles. The minimum absolute atomic E-state index is 0. The molecule has 0 bridgehead atoms. The van der Waals surface area contributed by atoms with Gasteiger partial charge < -0.3 is 36.7 Å². The van der Waals surface area contributed by atoms with Crippen molar-refractivity contribution in [3.8, 4) is 0 Å². The summed E-state index contributed by atoms with van der Waals surface area (Å²) in [5.74, 6) is 0. The average molecular weight is 395 g/mol. The molecule has 0 saturated heterocycles. The maximum Gasteiger partial charge on any atom is 0.101 e. The summed E-state index contributed by atoms with van der Waals surface area (Å²) in [6, 6.07) is 5.64. The smallest absolute Gasteiger partial charge is 0.101 e. The molecule has 0 saturated carbocycles. The molecule has 4 nitrogen and oxygen atoms in total. The molecule has 0 aliphatic heterocycles. The van der Waals surface area contributed by atoms with Crippen molar-refractivity contribution in [1.29, 1.82) is 0 Å². The Kier molecular flexibility index (Phi) is 9.02. The van der Waals surface area contributed by atoms with Crippen LogP contribution < -0.4 is 0 Å². The summed E-state index contributed by atoms with van der Waals surface area (Å²) < 4.78 is 0.888. The predicted octanol–water partition coefficient (Wildman–Crippen LogP) is 3.29. The van der Waals surface area contributed by atoms with Gasteiger partial charge in [-0.15, -0.1) is 0 Å². The number of nitrogens with zero attached hydrogens (tertiary/aromatic N) is 2. The van der Waals surface area contributed by atoms with E-state index in [-0.39, 0.29) is 32.6 Å². The minimum Gasteiger partial charge on any atom is -0.760 e. The molecule has 0 amide bonds. The molecule has 0 aliphatic rings. The second-order valence-electron chi connectivity index (χ2n) is 2.94. The van der Waals surface area contributed by atoms with E-state index in [1.165, 1.54) is 0 Å². The van der Waals surface area contributed by atoms with Crippen LogP contribution in [0.25, 0.3) is 22.5 Å². The van der Waals surface area contributed by atoms with Gasteiger partial charge in [0.05, 0.1) is 5.52 Å². The second-order valence-corrected chi connectivity index (χ2v) is 4.57. The molecule has 2 rings (SSSR count). The van der Waals surface area contributed by atoms with Crippen molar-refractivity contribution in [2.24, 2.45) is 0 Å². The van der Waals surface area contributed by atoms with Crippen molar-refractivity contribution in [3.05, 3.63) is 34.1 Å². The molecular weight excluding hydrogens is 386 g/mol. The number of para-hydroxylation sites is 1. The summed E-state index contributed by atoms with van der Waals surface area (Å²) in [4.78, 5) is 8.33. The molecule has 0 fully saturated rings. The molecule has 1 aromatic heterocycles. The van der Waals surface area contributed by atoms with E-state index in [0.29, 0.717) is 10.1 Å². The van der Waals surface area contributed by atoms with Gasteiger partial charge >= 0.3 is 0 Å². The van der Waals surface area contributed by atoms with Gasteiger partial charge in [-0.2, -0.15) is 13.1 Å². The maximum absolute atomic E-state index is 6.26. The third-order valence-corrected chi connectivity index (χ3v) is 3.05. The van der Waals surface area contributed by atoms with Crippen molar-refractivity contribution in [3.63, 3.8) is 0 Å². The van der Waals surface area contributed by atoms with Gasteiger partial charge in [0.1, 0.15) is 5.52 Å². The van der Waals surface area contributed by atoms with Crippen LogP contribution in [0.4, 0.5) is 0 Å². The zero-order chi connectivity index (χ0) is 12.8. The van der Waals surface area contributed by atoms with Crippen LogP contribution in [-0.4, -0.2) is 23.1 Å². The van der Waals surface area contributed by atoms with Gasteiger partial charge in [-0.1, -0.05) is 16.1 Å². The molecule has 0 radical (unpaired) electrons. The van der Waals surface area contributed by atoms with Gasteiger partial charge in [-0.3, -0.25) is 9.97 Å². The first kappa shape index (κ1) is 18.0. The molecule has 0 spiro atoms. The standard InChI is InChI=1S/C8H5BrN2S2.C2H6N2.Zn/c9-4-2-1-3-5-6(4)11-8(13)7(12)10-5;3-1-2-4;/h1-3H,(H,10,12)(H,11,13);3-4H,1-2H2;/q;-2;/p-2. The zero-order valence-electron chi connectivity index (χ0n) is 9.44. The largest absolute Gasteiger partial charge is 0.760 e. The molecular formula is C10H9BrN4S2Zn-4. The van der Waals surface area contributed by atoms with E-state index in [1.807, 2.05) is 18.2 Å². The third kappa shape index (κ3) is 4.95. The Balaban J connectivity index is 0.000000512. The van der Waals surface area contributed by atoms with Gasteiger partial charge in [0.25, 0.3) is 0 Å². The van der Waals surface area contributed by atoms with Gasteiger partial charge in [0.15, 0.2) is 0 Å². The van der Waals surface area contributed by atoms with Crippen LogP contribution in [-0.2, 0) is 44.7 Å². The number of nitrogens with one attached hydrogen (secondary N) is 2. The topological polar surface area (TPSA) is 73.4 Å². The number of aromatic nitrogens is 2. The normalized spacial score (nSPS) is 9.28. The van der Waals surface area contributed by atoms with E-state index in [9.17, 15) is 0 Å². The zero-order valence-corrected chi connectivity index (χ0v) is 15.6. The first-order valence-electron chi connectivity index (χ1n) is 4.69. The summed E-state index contributed by atoms with van der Waals surface area (Å²) in [7, 11) is 0. The Morgan fingerprint density at radius 3 is 2.17 bits per heavy atom. The Morgan fingerprint density at radius 2 is 1.61 bits per heavy atom. The predicted molar refractivity (Wildman–Crippen MR) is 76.9 cm³/mol. The van der Waals surface area contributed by atoms with E-state index in [4.69, 9.17) is 36.7 Å². The van der Waals surface area contributed by atoms with E-state index in [0.717, 1.165) is 15.5 Å². The maximum atomic E-state index is 6.26. The monoisotopic (exact) mass is 392 g/mol. The number of rotatable bonds is 1. The molecule has 94 valence electrons. The quantitative estimate of drug-likeness (QED) is 0.549. The molecule has 2 N–H and O–H groups in total. The molecule has 0 aliphatic carbocycles. The van der Waals surface area contributed by atoms with Crippen molar-refractivity contribution < 1.29 is 19.5 Å². The fraction of sp³-hybridized carbons (Fsp3) is 0.200. The first-order chi connectivity index (χ1) is 8.10.